The van der Waals surface area contributed by atoms with Crippen molar-refractivity contribution < 1.29 is 14.3 Å². The first-order valence-corrected chi connectivity index (χ1v) is 10.9. The first-order chi connectivity index (χ1) is 14.6. The van der Waals surface area contributed by atoms with Crippen LogP contribution in [0.3, 0.4) is 0 Å². The van der Waals surface area contributed by atoms with Crippen molar-refractivity contribution in [3.05, 3.63) is 53.1 Å². The fourth-order valence-electron chi connectivity index (χ4n) is 3.01. The Labute approximate surface area is 183 Å². The summed E-state index contributed by atoms with van der Waals surface area (Å²) in [5.74, 6) is 2.28. The quantitative estimate of drug-likeness (QED) is 0.584. The molecule has 1 aromatic heterocycles. The standard InChI is InChI=1S/C21H21ClN4O3S/c1-26-20(14-7-8-17-18(11-14)29-10-4-9-28-17)24-25-21(26)30-13-19(27)23-12-15-5-2-3-6-16(15)22/h2-3,5-8,11H,4,9-10,12-13H2,1H3,(H,23,27). The molecule has 0 radical (unpaired) electrons. The van der Waals surface area contributed by atoms with Crippen LogP contribution in [-0.2, 0) is 18.4 Å². The Morgan fingerprint density at radius 1 is 1.17 bits per heavy atom. The van der Waals surface area contributed by atoms with Gasteiger partial charge in [0.15, 0.2) is 22.5 Å². The number of amides is 1. The van der Waals surface area contributed by atoms with Crippen molar-refractivity contribution in [2.75, 3.05) is 19.0 Å². The molecular weight excluding hydrogens is 424 g/mol. The first-order valence-electron chi connectivity index (χ1n) is 9.54. The molecule has 0 aliphatic carbocycles. The van der Waals surface area contributed by atoms with Crippen molar-refractivity contribution in [3.63, 3.8) is 0 Å². The van der Waals surface area contributed by atoms with Crippen LogP contribution in [0.1, 0.15) is 12.0 Å². The molecule has 1 N–H and O–H groups in total. The summed E-state index contributed by atoms with van der Waals surface area (Å²) >= 11 is 7.45. The van der Waals surface area contributed by atoms with Crippen LogP contribution >= 0.6 is 23.4 Å². The molecule has 0 bridgehead atoms. The second kappa shape index (κ2) is 9.40. The second-order valence-electron chi connectivity index (χ2n) is 6.73. The lowest BCUT2D eigenvalue weighted by molar-refractivity contribution is -0.118. The van der Waals surface area contributed by atoms with Crippen LogP contribution < -0.4 is 14.8 Å². The minimum absolute atomic E-state index is 0.0972. The van der Waals surface area contributed by atoms with Crippen LogP contribution in [0.15, 0.2) is 47.6 Å². The summed E-state index contributed by atoms with van der Waals surface area (Å²) in [6.07, 6.45) is 0.854. The Bertz CT molecular complexity index is 1060. The molecule has 0 atom stereocenters. The summed E-state index contributed by atoms with van der Waals surface area (Å²) in [7, 11) is 1.88. The number of halogens is 1. The van der Waals surface area contributed by atoms with Gasteiger partial charge in [-0.25, -0.2) is 0 Å². The zero-order chi connectivity index (χ0) is 20.9. The average molecular weight is 445 g/mol. The van der Waals surface area contributed by atoms with Gasteiger partial charge < -0.3 is 19.4 Å². The molecule has 0 saturated heterocycles. The van der Waals surface area contributed by atoms with Crippen LogP contribution in [0.4, 0.5) is 0 Å². The maximum atomic E-state index is 12.2. The third kappa shape index (κ3) is 4.71. The summed E-state index contributed by atoms with van der Waals surface area (Å²) in [6.45, 7) is 1.66. The van der Waals surface area contributed by atoms with Gasteiger partial charge in [0.1, 0.15) is 0 Å². The van der Waals surface area contributed by atoms with Gasteiger partial charge in [-0.15, -0.1) is 10.2 Å². The fourth-order valence-corrected chi connectivity index (χ4v) is 3.95. The minimum Gasteiger partial charge on any atom is -0.490 e. The lowest BCUT2D eigenvalue weighted by Gasteiger charge is -2.09. The zero-order valence-corrected chi connectivity index (χ0v) is 18.0. The molecule has 2 aromatic carbocycles. The molecule has 1 aliphatic heterocycles. The molecule has 0 fully saturated rings. The van der Waals surface area contributed by atoms with Gasteiger partial charge in [-0.2, -0.15) is 0 Å². The highest BCUT2D eigenvalue weighted by atomic mass is 35.5. The van der Waals surface area contributed by atoms with E-state index in [1.165, 1.54) is 11.8 Å². The van der Waals surface area contributed by atoms with Gasteiger partial charge in [0.2, 0.25) is 5.91 Å². The topological polar surface area (TPSA) is 78.3 Å². The minimum atomic E-state index is -0.0972. The summed E-state index contributed by atoms with van der Waals surface area (Å²) < 4.78 is 13.3. The molecule has 0 saturated carbocycles. The number of aromatic nitrogens is 3. The van der Waals surface area contributed by atoms with E-state index in [9.17, 15) is 4.79 Å². The van der Waals surface area contributed by atoms with Gasteiger partial charge in [-0.3, -0.25) is 4.79 Å². The summed E-state index contributed by atoms with van der Waals surface area (Å²) in [5, 5.41) is 12.7. The number of thioether (sulfide) groups is 1. The third-order valence-electron chi connectivity index (χ3n) is 4.61. The lowest BCUT2D eigenvalue weighted by atomic mass is 10.2. The van der Waals surface area contributed by atoms with E-state index in [1.54, 1.807) is 6.07 Å². The van der Waals surface area contributed by atoms with Gasteiger partial charge in [0.25, 0.3) is 0 Å². The number of carbonyl (C=O) groups is 1. The van der Waals surface area contributed by atoms with Crippen LogP contribution in [0.5, 0.6) is 11.5 Å². The number of hydrogen-bond acceptors (Lipinski definition) is 6. The Balaban J connectivity index is 1.38. The van der Waals surface area contributed by atoms with E-state index < -0.39 is 0 Å². The Morgan fingerprint density at radius 3 is 2.80 bits per heavy atom. The monoisotopic (exact) mass is 444 g/mol. The van der Waals surface area contributed by atoms with E-state index in [2.05, 4.69) is 15.5 Å². The highest BCUT2D eigenvalue weighted by Crippen LogP contribution is 2.34. The van der Waals surface area contributed by atoms with Crippen LogP contribution in [0.25, 0.3) is 11.4 Å². The molecule has 7 nitrogen and oxygen atoms in total. The number of benzene rings is 2. The zero-order valence-electron chi connectivity index (χ0n) is 16.4. The number of ether oxygens (including phenoxy) is 2. The molecule has 1 amide bonds. The van der Waals surface area contributed by atoms with E-state index in [0.717, 1.165) is 23.3 Å². The predicted octanol–water partition coefficient (Wildman–Crippen LogP) is 3.71. The first kappa shape index (κ1) is 20.6. The molecule has 2 heterocycles. The summed E-state index contributed by atoms with van der Waals surface area (Å²) in [5.41, 5.74) is 1.76. The predicted molar refractivity (Wildman–Crippen MR) is 116 cm³/mol. The van der Waals surface area contributed by atoms with Crippen molar-refractivity contribution >= 4 is 29.3 Å². The molecule has 156 valence electrons. The molecular formula is C21H21ClN4O3S. The van der Waals surface area contributed by atoms with Crippen LogP contribution in [-0.4, -0.2) is 39.6 Å². The van der Waals surface area contributed by atoms with Crippen molar-refractivity contribution in [3.8, 4) is 22.9 Å². The lowest BCUT2D eigenvalue weighted by Crippen LogP contribution is -2.24. The molecule has 4 rings (SSSR count). The van der Waals surface area contributed by atoms with Gasteiger partial charge in [-0.05, 0) is 29.8 Å². The van der Waals surface area contributed by atoms with Crippen molar-refractivity contribution in [1.82, 2.24) is 20.1 Å². The maximum absolute atomic E-state index is 12.2. The van der Waals surface area contributed by atoms with E-state index in [1.807, 2.05) is 48.0 Å². The van der Waals surface area contributed by atoms with E-state index in [0.29, 0.717) is 41.5 Å². The number of nitrogens with one attached hydrogen (secondary N) is 1. The third-order valence-corrected chi connectivity index (χ3v) is 6.00. The number of nitrogens with zero attached hydrogens (tertiary/aromatic N) is 3. The highest BCUT2D eigenvalue weighted by molar-refractivity contribution is 7.99. The van der Waals surface area contributed by atoms with Crippen molar-refractivity contribution in [2.24, 2.45) is 7.05 Å². The largest absolute Gasteiger partial charge is 0.490 e. The van der Waals surface area contributed by atoms with Crippen LogP contribution in [0, 0.1) is 0 Å². The summed E-state index contributed by atoms with van der Waals surface area (Å²) in [4.78, 5) is 12.2. The normalized spacial score (nSPS) is 13.0. The van der Waals surface area contributed by atoms with Gasteiger partial charge in [-0.1, -0.05) is 41.6 Å². The summed E-state index contributed by atoms with van der Waals surface area (Å²) in [6, 6.07) is 13.2. The Hall–Kier alpha value is -2.71. The molecule has 0 unspecified atom stereocenters. The van der Waals surface area contributed by atoms with Crippen LogP contribution in [0.2, 0.25) is 5.02 Å². The maximum Gasteiger partial charge on any atom is 0.230 e. The fraction of sp³-hybridized carbons (Fsp3) is 0.286. The molecule has 9 heteroatoms. The number of fused-ring (bicyclic) bond motifs is 1. The number of hydrogen-bond donors (Lipinski definition) is 1. The van der Waals surface area contributed by atoms with E-state index in [4.69, 9.17) is 21.1 Å². The number of carbonyl (C=O) groups excluding carboxylic acids is 1. The highest BCUT2D eigenvalue weighted by Gasteiger charge is 2.16. The SMILES string of the molecule is Cn1c(SCC(=O)NCc2ccccc2Cl)nnc1-c1ccc2c(c1)OCCCO2. The van der Waals surface area contributed by atoms with E-state index in [-0.39, 0.29) is 11.7 Å². The Morgan fingerprint density at radius 2 is 1.97 bits per heavy atom. The smallest absolute Gasteiger partial charge is 0.230 e. The van der Waals surface area contributed by atoms with E-state index >= 15 is 0 Å². The molecule has 30 heavy (non-hydrogen) atoms. The molecule has 0 spiro atoms. The molecule has 3 aromatic rings. The second-order valence-corrected chi connectivity index (χ2v) is 8.08. The van der Waals surface area contributed by atoms with Gasteiger partial charge >= 0.3 is 0 Å². The van der Waals surface area contributed by atoms with Gasteiger partial charge in [0, 0.05) is 30.6 Å². The van der Waals surface area contributed by atoms with Gasteiger partial charge in [0.05, 0.1) is 19.0 Å². The molecule has 1 aliphatic rings. The Kier molecular flexibility index (Phi) is 6.44. The average Bonchev–Trinajstić information content (AvgIpc) is 2.96. The van der Waals surface area contributed by atoms with Crippen molar-refractivity contribution in [1.29, 1.82) is 0 Å². The number of rotatable bonds is 6. The van der Waals surface area contributed by atoms with Crippen molar-refractivity contribution in [2.45, 2.75) is 18.1 Å².